The highest BCUT2D eigenvalue weighted by molar-refractivity contribution is 6.10. The van der Waals surface area contributed by atoms with Crippen molar-refractivity contribution in [3.8, 4) is 0 Å². The van der Waals surface area contributed by atoms with Gasteiger partial charge >= 0.3 is 0 Å². The highest BCUT2D eigenvalue weighted by Gasteiger charge is 2.54. The van der Waals surface area contributed by atoms with E-state index in [9.17, 15) is 19.5 Å². The summed E-state index contributed by atoms with van der Waals surface area (Å²) >= 11 is 0. The third-order valence-electron chi connectivity index (χ3n) is 6.36. The van der Waals surface area contributed by atoms with Crippen LogP contribution in [0.25, 0.3) is 0 Å². The molecule has 2 atom stereocenters. The Labute approximate surface area is 181 Å². The quantitative estimate of drug-likeness (QED) is 0.746. The number of nitrogens with zero attached hydrogens (tertiary/aromatic N) is 3. The largest absolute Gasteiger partial charge is 0.391 e. The number of carbonyl (C=O) groups is 3. The molecule has 2 saturated heterocycles. The predicted molar refractivity (Wildman–Crippen MR) is 114 cm³/mol. The van der Waals surface area contributed by atoms with Gasteiger partial charge in [0.25, 0.3) is 0 Å². The Morgan fingerprint density at radius 3 is 2.65 bits per heavy atom. The zero-order valence-electron chi connectivity index (χ0n) is 17.7. The molecule has 1 N–H and O–H groups in total. The number of aryl methyl sites for hydroxylation is 1. The highest BCUT2D eigenvalue weighted by atomic mass is 16.3. The number of imide groups is 1. The molecule has 2 unspecified atom stereocenters. The number of likely N-dealkylation sites (tertiary alicyclic amines) is 2. The summed E-state index contributed by atoms with van der Waals surface area (Å²) < 4.78 is 0. The number of benzene rings is 1. The molecule has 0 spiro atoms. The van der Waals surface area contributed by atoms with E-state index in [1.54, 1.807) is 29.4 Å². The Balaban J connectivity index is 1.68. The molecule has 2 aliphatic heterocycles. The number of carbonyl (C=O) groups excluding carboxylic acids is 3. The summed E-state index contributed by atoms with van der Waals surface area (Å²) in [7, 11) is 0. The average Bonchev–Trinajstić information content (AvgIpc) is 2.99. The topological polar surface area (TPSA) is 90.8 Å². The Bertz CT molecular complexity index is 993. The molecule has 162 valence electrons. The van der Waals surface area contributed by atoms with Crippen LogP contribution in [0.4, 0.5) is 0 Å². The molecular weight excluding hydrogens is 394 g/mol. The van der Waals surface area contributed by atoms with Gasteiger partial charge in [0.1, 0.15) is 0 Å². The lowest BCUT2D eigenvalue weighted by molar-refractivity contribution is -0.144. The fourth-order valence-electron chi connectivity index (χ4n) is 4.74. The van der Waals surface area contributed by atoms with E-state index in [-0.39, 0.29) is 43.7 Å². The van der Waals surface area contributed by atoms with Gasteiger partial charge in [0.05, 0.1) is 18.1 Å². The van der Waals surface area contributed by atoms with Crippen molar-refractivity contribution in [2.75, 3.05) is 13.1 Å². The van der Waals surface area contributed by atoms with Gasteiger partial charge in [-0.05, 0) is 48.6 Å². The van der Waals surface area contributed by atoms with E-state index in [2.05, 4.69) is 4.98 Å². The second-order valence-corrected chi connectivity index (χ2v) is 8.53. The van der Waals surface area contributed by atoms with Crippen molar-refractivity contribution < 1.29 is 19.5 Å². The summed E-state index contributed by atoms with van der Waals surface area (Å²) in [6, 6.07) is 11.0. The van der Waals surface area contributed by atoms with E-state index in [4.69, 9.17) is 0 Å². The van der Waals surface area contributed by atoms with Crippen LogP contribution in [0.2, 0.25) is 0 Å². The van der Waals surface area contributed by atoms with Crippen molar-refractivity contribution in [1.82, 2.24) is 14.8 Å². The minimum absolute atomic E-state index is 0.0378. The van der Waals surface area contributed by atoms with Gasteiger partial charge in [0, 0.05) is 38.3 Å². The smallest absolute Gasteiger partial charge is 0.241 e. The molecule has 3 heterocycles. The number of pyridine rings is 1. The summed E-state index contributed by atoms with van der Waals surface area (Å²) in [6.07, 6.45) is 3.98. The van der Waals surface area contributed by atoms with Crippen molar-refractivity contribution in [1.29, 1.82) is 0 Å². The SMILES string of the molecule is Cc1ccccc1C1(CC(=O)N2CCCC(O)C2)CC(=O)N(Cc2ccncc2)C1=O. The van der Waals surface area contributed by atoms with Crippen molar-refractivity contribution in [2.24, 2.45) is 0 Å². The van der Waals surface area contributed by atoms with E-state index in [1.165, 1.54) is 4.90 Å². The zero-order valence-corrected chi connectivity index (χ0v) is 17.7. The van der Waals surface area contributed by atoms with Crippen LogP contribution in [0, 0.1) is 6.92 Å². The maximum Gasteiger partial charge on any atom is 0.241 e. The monoisotopic (exact) mass is 421 g/mol. The lowest BCUT2D eigenvalue weighted by Crippen LogP contribution is -2.47. The van der Waals surface area contributed by atoms with Gasteiger partial charge in [-0.15, -0.1) is 0 Å². The zero-order chi connectivity index (χ0) is 22.0. The van der Waals surface area contributed by atoms with Crippen LogP contribution in [0.1, 0.15) is 42.4 Å². The second kappa shape index (κ2) is 8.59. The molecule has 2 aromatic rings. The molecule has 3 amide bonds. The molecule has 7 nitrogen and oxygen atoms in total. The molecule has 4 rings (SSSR count). The van der Waals surface area contributed by atoms with Gasteiger partial charge < -0.3 is 10.0 Å². The number of β-amino-alcohol motifs (C(OH)–C–C–N with tert-alkyl or cyclic N) is 1. The van der Waals surface area contributed by atoms with E-state index >= 15 is 0 Å². The molecule has 31 heavy (non-hydrogen) atoms. The maximum atomic E-state index is 13.7. The van der Waals surface area contributed by atoms with Crippen LogP contribution < -0.4 is 0 Å². The number of aliphatic hydroxyl groups excluding tert-OH is 1. The third-order valence-corrected chi connectivity index (χ3v) is 6.36. The van der Waals surface area contributed by atoms with Crippen molar-refractivity contribution >= 4 is 17.7 Å². The lowest BCUT2D eigenvalue weighted by atomic mass is 9.73. The molecule has 2 aliphatic rings. The van der Waals surface area contributed by atoms with E-state index in [0.29, 0.717) is 13.0 Å². The van der Waals surface area contributed by atoms with Crippen LogP contribution in [0.5, 0.6) is 0 Å². The Morgan fingerprint density at radius 1 is 1.19 bits per heavy atom. The summed E-state index contributed by atoms with van der Waals surface area (Å²) in [5, 5.41) is 9.99. The molecular formula is C24H27N3O4. The molecule has 0 radical (unpaired) electrons. The fourth-order valence-corrected chi connectivity index (χ4v) is 4.74. The first-order valence-corrected chi connectivity index (χ1v) is 10.7. The van der Waals surface area contributed by atoms with E-state index in [1.807, 2.05) is 31.2 Å². The second-order valence-electron chi connectivity index (χ2n) is 8.53. The molecule has 7 heteroatoms. The van der Waals surface area contributed by atoms with Crippen LogP contribution in [0.15, 0.2) is 48.8 Å². The minimum atomic E-state index is -1.23. The van der Waals surface area contributed by atoms with Crippen LogP contribution in [-0.4, -0.2) is 56.8 Å². The molecule has 0 saturated carbocycles. The predicted octanol–water partition coefficient (Wildman–Crippen LogP) is 1.96. The van der Waals surface area contributed by atoms with Crippen molar-refractivity contribution in [3.05, 3.63) is 65.5 Å². The van der Waals surface area contributed by atoms with Gasteiger partial charge in [-0.3, -0.25) is 24.3 Å². The highest BCUT2D eigenvalue weighted by Crippen LogP contribution is 2.42. The average molecular weight is 421 g/mol. The van der Waals surface area contributed by atoms with Gasteiger partial charge in [0.15, 0.2) is 0 Å². The Morgan fingerprint density at radius 2 is 1.94 bits per heavy atom. The Hall–Kier alpha value is -3.06. The van der Waals surface area contributed by atoms with Gasteiger partial charge in [0.2, 0.25) is 17.7 Å². The van der Waals surface area contributed by atoms with Crippen molar-refractivity contribution in [2.45, 2.75) is 50.7 Å². The molecule has 1 aromatic carbocycles. The van der Waals surface area contributed by atoms with Crippen LogP contribution >= 0.6 is 0 Å². The number of amides is 3. The summed E-state index contributed by atoms with van der Waals surface area (Å²) in [5.74, 6) is -0.819. The van der Waals surface area contributed by atoms with Gasteiger partial charge in [-0.2, -0.15) is 0 Å². The normalized spacial score (nSPS) is 24.0. The van der Waals surface area contributed by atoms with Gasteiger partial charge in [-0.25, -0.2) is 0 Å². The standard InChI is InChI=1S/C24H27N3O4/c1-17-5-2-3-7-20(17)24(13-21(29)26-12-4-6-19(28)16-26)14-22(30)27(23(24)31)15-18-8-10-25-11-9-18/h2-3,5,7-11,19,28H,4,6,12-16H2,1H3. The summed E-state index contributed by atoms with van der Waals surface area (Å²) in [5.41, 5.74) is 1.18. The maximum absolute atomic E-state index is 13.7. The first-order chi connectivity index (χ1) is 14.9. The molecule has 0 bridgehead atoms. The number of aromatic nitrogens is 1. The van der Waals surface area contributed by atoms with Crippen LogP contribution in [-0.2, 0) is 26.3 Å². The number of hydrogen-bond donors (Lipinski definition) is 1. The van der Waals surface area contributed by atoms with E-state index < -0.39 is 11.5 Å². The first-order valence-electron chi connectivity index (χ1n) is 10.7. The molecule has 1 aromatic heterocycles. The first kappa shape index (κ1) is 21.2. The van der Waals surface area contributed by atoms with Gasteiger partial charge in [-0.1, -0.05) is 24.3 Å². The third kappa shape index (κ3) is 4.10. The van der Waals surface area contributed by atoms with Crippen LogP contribution in [0.3, 0.4) is 0 Å². The molecule has 0 aliphatic carbocycles. The van der Waals surface area contributed by atoms with Crippen molar-refractivity contribution in [3.63, 3.8) is 0 Å². The number of piperidine rings is 1. The Kier molecular flexibility index (Phi) is 5.87. The lowest BCUT2D eigenvalue weighted by Gasteiger charge is -2.34. The number of hydrogen-bond acceptors (Lipinski definition) is 5. The summed E-state index contributed by atoms with van der Waals surface area (Å²) in [4.78, 5) is 46.9. The fraction of sp³-hybridized carbons (Fsp3) is 0.417. The summed E-state index contributed by atoms with van der Waals surface area (Å²) in [6.45, 7) is 2.88. The van der Waals surface area contributed by atoms with E-state index in [0.717, 1.165) is 23.1 Å². The number of rotatable bonds is 5. The molecule has 2 fully saturated rings. The number of aliphatic hydroxyl groups is 1. The minimum Gasteiger partial charge on any atom is -0.391 e.